The summed E-state index contributed by atoms with van der Waals surface area (Å²) in [5.74, 6) is 0.575. The van der Waals surface area contributed by atoms with Crippen molar-refractivity contribution in [2.45, 2.75) is 25.3 Å². The first-order valence-corrected chi connectivity index (χ1v) is 4.27. The van der Waals surface area contributed by atoms with Gasteiger partial charge in [0.25, 0.3) is 0 Å². The van der Waals surface area contributed by atoms with Crippen LogP contribution in [0.25, 0.3) is 0 Å². The molecule has 1 aliphatic rings. The molecule has 0 radical (unpaired) electrons. The van der Waals surface area contributed by atoms with E-state index in [2.05, 4.69) is 0 Å². The summed E-state index contributed by atoms with van der Waals surface area (Å²) in [7, 11) is 0. The molecule has 2 atom stereocenters. The molecule has 1 saturated heterocycles. The number of hydrogen-bond donors (Lipinski definition) is 2. The van der Waals surface area contributed by atoms with Crippen molar-refractivity contribution in [2.24, 2.45) is 11.7 Å². The van der Waals surface area contributed by atoms with Gasteiger partial charge in [0, 0.05) is 19.3 Å². The zero-order chi connectivity index (χ0) is 8.10. The minimum atomic E-state index is -0.0540. The Morgan fingerprint density at radius 2 is 2.33 bits per heavy atom. The number of ether oxygens (including phenoxy) is 1. The van der Waals surface area contributed by atoms with Crippen LogP contribution in [0.1, 0.15) is 19.3 Å². The molecule has 0 aliphatic carbocycles. The molecule has 1 rings (SSSR count). The first kappa shape index (κ1) is 12.2. The van der Waals surface area contributed by atoms with Gasteiger partial charge < -0.3 is 15.6 Å². The Labute approximate surface area is 79.7 Å². The minimum absolute atomic E-state index is 0. The molecule has 3 nitrogen and oxygen atoms in total. The fourth-order valence-corrected chi connectivity index (χ4v) is 1.50. The summed E-state index contributed by atoms with van der Waals surface area (Å²) in [5, 5.41) is 8.70. The minimum Gasteiger partial charge on any atom is -0.395 e. The van der Waals surface area contributed by atoms with Gasteiger partial charge in [0.05, 0.1) is 6.61 Å². The van der Waals surface area contributed by atoms with Gasteiger partial charge >= 0.3 is 0 Å². The summed E-state index contributed by atoms with van der Waals surface area (Å²) in [6, 6.07) is -0.0540. The summed E-state index contributed by atoms with van der Waals surface area (Å²) in [6.07, 6.45) is 3.24. The molecular formula is C8H18ClNO2. The van der Waals surface area contributed by atoms with Crippen LogP contribution in [0, 0.1) is 5.92 Å². The molecule has 0 aromatic rings. The maximum Gasteiger partial charge on any atom is 0.0582 e. The Hall–Kier alpha value is 0.170. The SMILES string of the molecule is Cl.N[C@@H](CO)CC1CCCOC1. The highest BCUT2D eigenvalue weighted by Gasteiger charge is 2.16. The van der Waals surface area contributed by atoms with E-state index in [9.17, 15) is 0 Å². The van der Waals surface area contributed by atoms with E-state index in [1.807, 2.05) is 0 Å². The van der Waals surface area contributed by atoms with Crippen LogP contribution in [0.15, 0.2) is 0 Å². The number of aliphatic hydroxyl groups excluding tert-OH is 1. The summed E-state index contributed by atoms with van der Waals surface area (Å²) in [5.41, 5.74) is 5.60. The third-order valence-corrected chi connectivity index (χ3v) is 2.13. The number of hydrogen-bond acceptors (Lipinski definition) is 3. The first-order chi connectivity index (χ1) is 5.33. The topological polar surface area (TPSA) is 55.5 Å². The molecule has 3 N–H and O–H groups in total. The van der Waals surface area contributed by atoms with E-state index in [1.165, 1.54) is 6.42 Å². The molecule has 1 aliphatic heterocycles. The van der Waals surface area contributed by atoms with Crippen molar-refractivity contribution in [1.29, 1.82) is 0 Å². The van der Waals surface area contributed by atoms with E-state index in [0.717, 1.165) is 26.1 Å². The van der Waals surface area contributed by atoms with E-state index >= 15 is 0 Å². The van der Waals surface area contributed by atoms with Gasteiger partial charge in [-0.2, -0.15) is 0 Å². The quantitative estimate of drug-likeness (QED) is 0.692. The first-order valence-electron chi connectivity index (χ1n) is 4.27. The molecule has 0 aromatic heterocycles. The highest BCUT2D eigenvalue weighted by atomic mass is 35.5. The molecule has 74 valence electrons. The average molecular weight is 196 g/mol. The lowest BCUT2D eigenvalue weighted by molar-refractivity contribution is 0.0464. The Morgan fingerprint density at radius 3 is 2.83 bits per heavy atom. The fraction of sp³-hybridized carbons (Fsp3) is 1.00. The lowest BCUT2D eigenvalue weighted by Crippen LogP contribution is -2.30. The Balaban J connectivity index is 0.00000121. The number of rotatable bonds is 3. The molecular weight excluding hydrogens is 178 g/mol. The van der Waals surface area contributed by atoms with Crippen molar-refractivity contribution in [3.05, 3.63) is 0 Å². The molecule has 1 unspecified atom stereocenters. The summed E-state index contributed by atoms with van der Waals surface area (Å²) < 4.78 is 5.29. The predicted octanol–water partition coefficient (Wildman–Crippen LogP) is 0.544. The van der Waals surface area contributed by atoms with Gasteiger partial charge in [-0.05, 0) is 25.2 Å². The van der Waals surface area contributed by atoms with Crippen LogP contribution < -0.4 is 5.73 Å². The maximum atomic E-state index is 8.70. The normalized spacial score (nSPS) is 26.0. The molecule has 0 saturated carbocycles. The summed E-state index contributed by atoms with van der Waals surface area (Å²) in [6.45, 7) is 1.81. The van der Waals surface area contributed by atoms with Crippen LogP contribution in [0.2, 0.25) is 0 Å². The summed E-state index contributed by atoms with van der Waals surface area (Å²) in [4.78, 5) is 0. The lowest BCUT2D eigenvalue weighted by Gasteiger charge is -2.23. The third-order valence-electron chi connectivity index (χ3n) is 2.13. The van der Waals surface area contributed by atoms with Gasteiger partial charge in [-0.25, -0.2) is 0 Å². The molecule has 0 bridgehead atoms. The van der Waals surface area contributed by atoms with Crippen LogP contribution in [-0.2, 0) is 4.74 Å². The predicted molar refractivity (Wildman–Crippen MR) is 50.5 cm³/mol. The van der Waals surface area contributed by atoms with Crippen molar-refractivity contribution < 1.29 is 9.84 Å². The summed E-state index contributed by atoms with van der Waals surface area (Å²) >= 11 is 0. The third kappa shape index (κ3) is 4.26. The van der Waals surface area contributed by atoms with Gasteiger partial charge in [-0.1, -0.05) is 0 Å². The van der Waals surface area contributed by atoms with Crippen LogP contribution >= 0.6 is 12.4 Å². The van der Waals surface area contributed by atoms with Gasteiger partial charge in [0.1, 0.15) is 0 Å². The van der Waals surface area contributed by atoms with Gasteiger partial charge in [0.15, 0.2) is 0 Å². The van der Waals surface area contributed by atoms with E-state index in [1.54, 1.807) is 0 Å². The molecule has 1 heterocycles. The average Bonchev–Trinajstić information content (AvgIpc) is 2.06. The lowest BCUT2D eigenvalue weighted by atomic mass is 9.95. The van der Waals surface area contributed by atoms with E-state index in [-0.39, 0.29) is 25.1 Å². The Kier molecular flexibility index (Phi) is 6.76. The van der Waals surface area contributed by atoms with Gasteiger partial charge in [-0.3, -0.25) is 0 Å². The maximum absolute atomic E-state index is 8.70. The molecule has 1 fully saturated rings. The number of halogens is 1. The van der Waals surface area contributed by atoms with Crippen LogP contribution in [0.5, 0.6) is 0 Å². The number of aliphatic hydroxyl groups is 1. The van der Waals surface area contributed by atoms with E-state index in [4.69, 9.17) is 15.6 Å². The zero-order valence-corrected chi connectivity index (χ0v) is 8.05. The second-order valence-electron chi connectivity index (χ2n) is 3.26. The van der Waals surface area contributed by atoms with Crippen LogP contribution in [0.4, 0.5) is 0 Å². The van der Waals surface area contributed by atoms with Crippen molar-refractivity contribution in [1.82, 2.24) is 0 Å². The molecule has 0 amide bonds. The van der Waals surface area contributed by atoms with Crippen molar-refractivity contribution in [3.63, 3.8) is 0 Å². The highest BCUT2D eigenvalue weighted by molar-refractivity contribution is 5.85. The van der Waals surface area contributed by atoms with Crippen molar-refractivity contribution >= 4 is 12.4 Å². The van der Waals surface area contributed by atoms with E-state index in [0.29, 0.717) is 5.92 Å². The second kappa shape index (κ2) is 6.66. The van der Waals surface area contributed by atoms with Crippen LogP contribution in [-0.4, -0.2) is 31.0 Å². The molecule has 4 heteroatoms. The fourth-order valence-electron chi connectivity index (χ4n) is 1.50. The van der Waals surface area contributed by atoms with Crippen molar-refractivity contribution in [3.8, 4) is 0 Å². The Bertz CT molecular complexity index is 107. The molecule has 12 heavy (non-hydrogen) atoms. The zero-order valence-electron chi connectivity index (χ0n) is 7.24. The van der Waals surface area contributed by atoms with Crippen molar-refractivity contribution in [2.75, 3.05) is 19.8 Å². The standard InChI is InChI=1S/C8H17NO2.ClH/c9-8(5-10)4-7-2-1-3-11-6-7;/h7-8,10H,1-6,9H2;1H/t7?,8-;/m1./s1. The van der Waals surface area contributed by atoms with E-state index < -0.39 is 0 Å². The smallest absolute Gasteiger partial charge is 0.0582 e. The monoisotopic (exact) mass is 195 g/mol. The highest BCUT2D eigenvalue weighted by Crippen LogP contribution is 2.17. The molecule has 0 aromatic carbocycles. The van der Waals surface area contributed by atoms with Gasteiger partial charge in [0.2, 0.25) is 0 Å². The second-order valence-corrected chi connectivity index (χ2v) is 3.26. The molecule has 0 spiro atoms. The Morgan fingerprint density at radius 1 is 1.58 bits per heavy atom. The van der Waals surface area contributed by atoms with Gasteiger partial charge in [-0.15, -0.1) is 12.4 Å². The van der Waals surface area contributed by atoms with Crippen LogP contribution in [0.3, 0.4) is 0 Å². The largest absolute Gasteiger partial charge is 0.395 e. The number of nitrogens with two attached hydrogens (primary N) is 1.